The fourth-order valence-electron chi connectivity index (χ4n) is 1.96. The van der Waals surface area contributed by atoms with Crippen LogP contribution in [-0.4, -0.2) is 15.3 Å². The van der Waals surface area contributed by atoms with Crippen molar-refractivity contribution in [1.82, 2.24) is 0 Å². The molecule has 106 valence electrons. The molecule has 4 N–H and O–H groups in total. The minimum Gasteiger partial charge on any atom is -0.507 e. The zero-order valence-corrected chi connectivity index (χ0v) is 12.1. The van der Waals surface area contributed by atoms with Crippen molar-refractivity contribution in [3.8, 4) is 17.2 Å². The smallest absolute Gasteiger partial charge is 0.152 e. The molecule has 2 aromatic rings. The first-order chi connectivity index (χ1) is 9.40. The second-order valence-electron chi connectivity index (χ2n) is 4.36. The number of nitrogens with one attached hydrogen (secondary N) is 1. The Morgan fingerprint density at radius 2 is 1.50 bits per heavy atom. The molecular formula is C14H13Cl2NO3. The largest absolute Gasteiger partial charge is 0.507 e. The Kier molecular flexibility index (Phi) is 4.16. The summed E-state index contributed by atoms with van der Waals surface area (Å²) in [5, 5.41) is 32.4. The third kappa shape index (κ3) is 2.86. The van der Waals surface area contributed by atoms with Gasteiger partial charge in [-0.15, -0.1) is 0 Å². The molecule has 4 nitrogen and oxygen atoms in total. The Balaban J connectivity index is 2.30. The van der Waals surface area contributed by atoms with Crippen LogP contribution in [0.3, 0.4) is 0 Å². The lowest BCUT2D eigenvalue weighted by molar-refractivity contribution is 0.434. The van der Waals surface area contributed by atoms with E-state index in [2.05, 4.69) is 5.32 Å². The summed E-state index contributed by atoms with van der Waals surface area (Å²) < 4.78 is 0. The Hall–Kier alpha value is -1.78. The quantitative estimate of drug-likeness (QED) is 0.638. The summed E-state index contributed by atoms with van der Waals surface area (Å²) in [5.74, 6) is -0.209. The molecule has 0 fully saturated rings. The molecule has 1 unspecified atom stereocenters. The van der Waals surface area contributed by atoms with Gasteiger partial charge >= 0.3 is 0 Å². The summed E-state index contributed by atoms with van der Waals surface area (Å²) in [6, 6.07) is 7.17. The number of hydrogen-bond donors (Lipinski definition) is 4. The average molecular weight is 314 g/mol. The number of benzene rings is 2. The first kappa shape index (κ1) is 14.6. The van der Waals surface area contributed by atoms with Crippen LogP contribution in [0.5, 0.6) is 17.2 Å². The molecule has 1 atom stereocenters. The summed E-state index contributed by atoms with van der Waals surface area (Å²) in [7, 11) is 0. The number of hydrogen-bond acceptors (Lipinski definition) is 4. The van der Waals surface area contributed by atoms with Crippen LogP contribution in [0.2, 0.25) is 10.0 Å². The monoisotopic (exact) mass is 313 g/mol. The van der Waals surface area contributed by atoms with Crippen LogP contribution in [0, 0.1) is 0 Å². The zero-order valence-electron chi connectivity index (χ0n) is 10.6. The van der Waals surface area contributed by atoms with Gasteiger partial charge in [0.1, 0.15) is 11.5 Å². The van der Waals surface area contributed by atoms with Crippen molar-refractivity contribution in [2.24, 2.45) is 0 Å². The van der Waals surface area contributed by atoms with Crippen LogP contribution in [-0.2, 0) is 0 Å². The number of phenolic OH excluding ortho intramolecular Hbond substituents is 3. The maximum atomic E-state index is 9.80. The molecule has 0 heterocycles. The molecule has 2 aromatic carbocycles. The third-order valence-corrected chi connectivity index (χ3v) is 3.47. The lowest BCUT2D eigenvalue weighted by Gasteiger charge is -2.18. The Morgan fingerprint density at radius 3 is 2.00 bits per heavy atom. The van der Waals surface area contributed by atoms with Crippen LogP contribution >= 0.6 is 23.2 Å². The molecule has 0 saturated carbocycles. The molecule has 0 bridgehead atoms. The lowest BCUT2D eigenvalue weighted by Crippen LogP contribution is -2.07. The molecule has 20 heavy (non-hydrogen) atoms. The van der Waals surface area contributed by atoms with Crippen molar-refractivity contribution >= 4 is 28.9 Å². The first-order valence-electron chi connectivity index (χ1n) is 5.85. The normalized spacial score (nSPS) is 12.2. The average Bonchev–Trinajstić information content (AvgIpc) is 2.35. The van der Waals surface area contributed by atoms with Gasteiger partial charge in [-0.1, -0.05) is 29.3 Å². The number of phenols is 3. The van der Waals surface area contributed by atoms with Crippen molar-refractivity contribution in [1.29, 1.82) is 0 Å². The minimum absolute atomic E-state index is 0.0130. The van der Waals surface area contributed by atoms with E-state index in [0.717, 1.165) is 0 Å². The Labute approximate surface area is 126 Å². The van der Waals surface area contributed by atoms with E-state index in [-0.39, 0.29) is 33.3 Å². The Bertz CT molecular complexity index is 603. The summed E-state index contributed by atoms with van der Waals surface area (Å²) >= 11 is 11.7. The van der Waals surface area contributed by atoms with E-state index in [9.17, 15) is 15.3 Å². The standard InChI is InChI=1S/C14H13Cl2NO3/c1-7(13-11(18)3-2-4-12(13)19)17-8-5-9(15)14(20)10(16)6-8/h2-7,17-20H,1H3. The van der Waals surface area contributed by atoms with Gasteiger partial charge in [0.05, 0.1) is 21.7 Å². The van der Waals surface area contributed by atoms with Crippen molar-refractivity contribution in [2.75, 3.05) is 5.32 Å². The van der Waals surface area contributed by atoms with E-state index < -0.39 is 0 Å². The van der Waals surface area contributed by atoms with Gasteiger partial charge in [-0.2, -0.15) is 0 Å². The molecule has 0 saturated heterocycles. The van der Waals surface area contributed by atoms with E-state index in [0.29, 0.717) is 11.3 Å². The first-order valence-corrected chi connectivity index (χ1v) is 6.61. The van der Waals surface area contributed by atoms with E-state index in [1.807, 2.05) is 0 Å². The van der Waals surface area contributed by atoms with Crippen LogP contribution in [0.15, 0.2) is 30.3 Å². The summed E-state index contributed by atoms with van der Waals surface area (Å²) in [6.45, 7) is 1.77. The van der Waals surface area contributed by atoms with Gasteiger partial charge in [0.25, 0.3) is 0 Å². The zero-order chi connectivity index (χ0) is 14.9. The SMILES string of the molecule is CC(Nc1cc(Cl)c(O)c(Cl)c1)c1c(O)cccc1O. The van der Waals surface area contributed by atoms with Crippen molar-refractivity contribution in [3.63, 3.8) is 0 Å². The molecule has 0 spiro atoms. The van der Waals surface area contributed by atoms with Gasteiger partial charge in [-0.25, -0.2) is 0 Å². The molecule has 0 aromatic heterocycles. The number of aromatic hydroxyl groups is 3. The fourth-order valence-corrected chi connectivity index (χ4v) is 2.44. The number of anilines is 1. The van der Waals surface area contributed by atoms with Gasteiger partial charge in [0.2, 0.25) is 0 Å². The van der Waals surface area contributed by atoms with Gasteiger partial charge in [0, 0.05) is 5.69 Å². The van der Waals surface area contributed by atoms with Crippen molar-refractivity contribution < 1.29 is 15.3 Å². The van der Waals surface area contributed by atoms with Gasteiger partial charge in [0.15, 0.2) is 5.75 Å². The Morgan fingerprint density at radius 1 is 1.00 bits per heavy atom. The minimum atomic E-state index is -0.382. The molecular weight excluding hydrogens is 301 g/mol. The number of halogens is 2. The second-order valence-corrected chi connectivity index (χ2v) is 5.18. The van der Waals surface area contributed by atoms with Gasteiger partial charge < -0.3 is 20.6 Å². The van der Waals surface area contributed by atoms with Crippen LogP contribution in [0.1, 0.15) is 18.5 Å². The second kappa shape index (κ2) is 5.69. The molecule has 0 aliphatic rings. The molecule has 0 aliphatic heterocycles. The highest BCUT2D eigenvalue weighted by molar-refractivity contribution is 6.37. The predicted octanol–water partition coefficient (Wildman–Crippen LogP) is 4.28. The molecule has 6 heteroatoms. The third-order valence-electron chi connectivity index (χ3n) is 2.89. The maximum absolute atomic E-state index is 9.80. The highest BCUT2D eigenvalue weighted by Gasteiger charge is 2.16. The summed E-state index contributed by atoms with van der Waals surface area (Å²) in [5.41, 5.74) is 0.931. The maximum Gasteiger partial charge on any atom is 0.152 e. The highest BCUT2D eigenvalue weighted by Crippen LogP contribution is 2.38. The molecule has 0 amide bonds. The predicted molar refractivity (Wildman–Crippen MR) is 79.9 cm³/mol. The molecule has 2 rings (SSSR count). The number of rotatable bonds is 3. The van der Waals surface area contributed by atoms with E-state index in [1.54, 1.807) is 13.0 Å². The van der Waals surface area contributed by atoms with E-state index in [4.69, 9.17) is 23.2 Å². The molecule has 0 aliphatic carbocycles. The van der Waals surface area contributed by atoms with Gasteiger partial charge in [-0.3, -0.25) is 0 Å². The van der Waals surface area contributed by atoms with Gasteiger partial charge in [-0.05, 0) is 31.2 Å². The van der Waals surface area contributed by atoms with Crippen molar-refractivity contribution in [2.45, 2.75) is 13.0 Å². The molecule has 0 radical (unpaired) electrons. The van der Waals surface area contributed by atoms with Crippen LogP contribution in [0.25, 0.3) is 0 Å². The van der Waals surface area contributed by atoms with E-state index in [1.165, 1.54) is 24.3 Å². The van der Waals surface area contributed by atoms with E-state index >= 15 is 0 Å². The highest BCUT2D eigenvalue weighted by atomic mass is 35.5. The summed E-state index contributed by atoms with van der Waals surface area (Å²) in [6.07, 6.45) is 0. The summed E-state index contributed by atoms with van der Waals surface area (Å²) in [4.78, 5) is 0. The fraction of sp³-hybridized carbons (Fsp3) is 0.143. The van der Waals surface area contributed by atoms with Crippen LogP contribution < -0.4 is 5.32 Å². The lowest BCUT2D eigenvalue weighted by atomic mass is 10.1. The topological polar surface area (TPSA) is 72.7 Å². The van der Waals surface area contributed by atoms with Crippen molar-refractivity contribution in [3.05, 3.63) is 45.9 Å². The van der Waals surface area contributed by atoms with Crippen LogP contribution in [0.4, 0.5) is 5.69 Å².